The Morgan fingerprint density at radius 1 is 1.00 bits per heavy atom. The van der Waals surface area contributed by atoms with Crippen molar-refractivity contribution in [1.29, 1.82) is 0 Å². The van der Waals surface area contributed by atoms with Gasteiger partial charge < -0.3 is 14.6 Å². The molecule has 1 heterocycles. The molecule has 1 atom stereocenters. The molecule has 0 saturated heterocycles. The number of halogens is 2. The summed E-state index contributed by atoms with van der Waals surface area (Å²) in [6, 6.07) is 22.2. The van der Waals surface area contributed by atoms with Gasteiger partial charge in [0.25, 0.3) is 5.91 Å². The van der Waals surface area contributed by atoms with Crippen molar-refractivity contribution < 1.29 is 9.53 Å². The Labute approximate surface area is 190 Å². The number of rotatable bonds is 7. The van der Waals surface area contributed by atoms with Crippen molar-refractivity contribution in [3.8, 4) is 5.75 Å². The van der Waals surface area contributed by atoms with E-state index in [1.54, 1.807) is 24.3 Å². The standard InChI is InChI=1S/C24H21Cl2N3O2/c1-16(27-23(30)15-31-20-12-10-19(26)11-13-20)24-28-21-4-2-3-5-22(21)29(24)14-17-6-8-18(25)9-7-17/h2-13,16H,14-15H2,1H3,(H,27,30). The Kier molecular flexibility index (Phi) is 6.44. The highest BCUT2D eigenvalue weighted by atomic mass is 35.5. The largest absolute Gasteiger partial charge is 0.484 e. The van der Waals surface area contributed by atoms with Gasteiger partial charge in [0.05, 0.1) is 17.1 Å². The molecule has 1 aromatic heterocycles. The molecule has 0 saturated carbocycles. The zero-order valence-corrected chi connectivity index (χ0v) is 18.4. The van der Waals surface area contributed by atoms with Crippen LogP contribution in [-0.4, -0.2) is 22.1 Å². The van der Waals surface area contributed by atoms with E-state index in [-0.39, 0.29) is 18.6 Å². The van der Waals surface area contributed by atoms with Crippen LogP contribution in [0.3, 0.4) is 0 Å². The molecular formula is C24H21Cl2N3O2. The van der Waals surface area contributed by atoms with Gasteiger partial charge in [0.1, 0.15) is 11.6 Å². The number of imidazole rings is 1. The number of hydrogen-bond donors (Lipinski definition) is 1. The maximum atomic E-state index is 12.5. The summed E-state index contributed by atoms with van der Waals surface area (Å²) in [4.78, 5) is 17.2. The molecule has 158 valence electrons. The maximum absolute atomic E-state index is 12.5. The second-order valence-electron chi connectivity index (χ2n) is 7.20. The minimum Gasteiger partial charge on any atom is -0.484 e. The number of aromatic nitrogens is 2. The summed E-state index contributed by atoms with van der Waals surface area (Å²) in [5.41, 5.74) is 2.98. The van der Waals surface area contributed by atoms with Gasteiger partial charge in [0.15, 0.2) is 6.61 Å². The SMILES string of the molecule is CC(NC(=O)COc1ccc(Cl)cc1)c1nc2ccccc2n1Cc1ccc(Cl)cc1. The molecular weight excluding hydrogens is 433 g/mol. The van der Waals surface area contributed by atoms with E-state index in [2.05, 4.69) is 9.88 Å². The highest BCUT2D eigenvalue weighted by Gasteiger charge is 2.19. The van der Waals surface area contributed by atoms with Crippen molar-refractivity contribution in [3.05, 3.63) is 94.2 Å². The Morgan fingerprint density at radius 3 is 2.35 bits per heavy atom. The van der Waals surface area contributed by atoms with Crippen LogP contribution in [0.4, 0.5) is 0 Å². The third-order valence-electron chi connectivity index (χ3n) is 4.89. The first-order valence-corrected chi connectivity index (χ1v) is 10.6. The summed E-state index contributed by atoms with van der Waals surface area (Å²) in [7, 11) is 0. The second kappa shape index (κ2) is 9.41. The first-order valence-electron chi connectivity index (χ1n) is 9.87. The zero-order chi connectivity index (χ0) is 21.8. The summed E-state index contributed by atoms with van der Waals surface area (Å²) in [6.45, 7) is 2.44. The molecule has 4 aromatic rings. The fourth-order valence-corrected chi connectivity index (χ4v) is 3.64. The summed E-state index contributed by atoms with van der Waals surface area (Å²) in [5, 5.41) is 4.29. The van der Waals surface area contributed by atoms with E-state index >= 15 is 0 Å². The van der Waals surface area contributed by atoms with E-state index in [4.69, 9.17) is 32.9 Å². The van der Waals surface area contributed by atoms with Gasteiger partial charge in [-0.25, -0.2) is 4.98 Å². The van der Waals surface area contributed by atoms with Crippen LogP contribution in [0.25, 0.3) is 11.0 Å². The van der Waals surface area contributed by atoms with E-state index in [1.165, 1.54) is 0 Å². The lowest BCUT2D eigenvalue weighted by Gasteiger charge is -2.17. The molecule has 5 nitrogen and oxygen atoms in total. The summed E-state index contributed by atoms with van der Waals surface area (Å²) < 4.78 is 7.66. The smallest absolute Gasteiger partial charge is 0.258 e. The van der Waals surface area contributed by atoms with Crippen molar-refractivity contribution >= 4 is 40.1 Å². The molecule has 0 bridgehead atoms. The first kappa shape index (κ1) is 21.2. The number of ether oxygens (including phenoxy) is 1. The second-order valence-corrected chi connectivity index (χ2v) is 8.08. The molecule has 31 heavy (non-hydrogen) atoms. The van der Waals surface area contributed by atoms with Crippen LogP contribution < -0.4 is 10.1 Å². The molecule has 7 heteroatoms. The molecule has 0 aliphatic heterocycles. The Morgan fingerprint density at radius 2 is 1.65 bits per heavy atom. The highest BCUT2D eigenvalue weighted by Crippen LogP contribution is 2.23. The number of hydrogen-bond acceptors (Lipinski definition) is 3. The van der Waals surface area contributed by atoms with Crippen LogP contribution in [0.5, 0.6) is 5.75 Å². The van der Waals surface area contributed by atoms with E-state index < -0.39 is 0 Å². The summed E-state index contributed by atoms with van der Waals surface area (Å²) >= 11 is 11.9. The van der Waals surface area contributed by atoms with E-state index in [0.29, 0.717) is 22.3 Å². The van der Waals surface area contributed by atoms with Gasteiger partial charge in [0.2, 0.25) is 0 Å². The Balaban J connectivity index is 1.51. The lowest BCUT2D eigenvalue weighted by molar-refractivity contribution is -0.123. The molecule has 0 radical (unpaired) electrons. The molecule has 0 aliphatic carbocycles. The zero-order valence-electron chi connectivity index (χ0n) is 16.9. The molecule has 1 amide bonds. The minimum atomic E-state index is -0.305. The van der Waals surface area contributed by atoms with Crippen LogP contribution in [0.15, 0.2) is 72.8 Å². The topological polar surface area (TPSA) is 56.1 Å². The first-order chi connectivity index (χ1) is 15.0. The van der Waals surface area contributed by atoms with Crippen molar-refractivity contribution in [1.82, 2.24) is 14.9 Å². The number of nitrogens with one attached hydrogen (secondary N) is 1. The Hall–Kier alpha value is -3.02. The fraction of sp³-hybridized carbons (Fsp3) is 0.167. The number of carbonyl (C=O) groups is 1. The average molecular weight is 454 g/mol. The number of fused-ring (bicyclic) bond motifs is 1. The minimum absolute atomic E-state index is 0.0939. The lowest BCUT2D eigenvalue weighted by atomic mass is 10.2. The summed E-state index contributed by atoms with van der Waals surface area (Å²) in [5.74, 6) is 1.13. The summed E-state index contributed by atoms with van der Waals surface area (Å²) in [6.07, 6.45) is 0. The number of carbonyl (C=O) groups excluding carboxylic acids is 1. The number of para-hydroxylation sites is 2. The number of amides is 1. The van der Waals surface area contributed by atoms with Crippen molar-refractivity contribution in [2.75, 3.05) is 6.61 Å². The molecule has 1 N–H and O–H groups in total. The van der Waals surface area contributed by atoms with Crippen LogP contribution >= 0.6 is 23.2 Å². The molecule has 1 unspecified atom stereocenters. The molecule has 4 rings (SSSR count). The fourth-order valence-electron chi connectivity index (χ4n) is 3.39. The third kappa shape index (κ3) is 5.19. The van der Waals surface area contributed by atoms with Crippen LogP contribution in [0, 0.1) is 0 Å². The highest BCUT2D eigenvalue weighted by molar-refractivity contribution is 6.30. The van der Waals surface area contributed by atoms with Crippen LogP contribution in [0.1, 0.15) is 24.4 Å². The van der Waals surface area contributed by atoms with Crippen molar-refractivity contribution in [2.24, 2.45) is 0 Å². The predicted molar refractivity (Wildman–Crippen MR) is 124 cm³/mol. The van der Waals surface area contributed by atoms with Crippen molar-refractivity contribution in [3.63, 3.8) is 0 Å². The van der Waals surface area contributed by atoms with E-state index in [0.717, 1.165) is 22.4 Å². The van der Waals surface area contributed by atoms with E-state index in [9.17, 15) is 4.79 Å². The predicted octanol–water partition coefficient (Wildman–Crippen LogP) is 5.65. The van der Waals surface area contributed by atoms with Gasteiger partial charge in [-0.05, 0) is 61.0 Å². The molecule has 0 spiro atoms. The van der Waals surface area contributed by atoms with Crippen LogP contribution in [-0.2, 0) is 11.3 Å². The van der Waals surface area contributed by atoms with Gasteiger partial charge in [-0.2, -0.15) is 0 Å². The monoisotopic (exact) mass is 453 g/mol. The lowest BCUT2D eigenvalue weighted by Crippen LogP contribution is -2.32. The van der Waals surface area contributed by atoms with Gasteiger partial charge >= 0.3 is 0 Å². The number of benzene rings is 3. The molecule has 0 fully saturated rings. The van der Waals surface area contributed by atoms with E-state index in [1.807, 2.05) is 55.5 Å². The third-order valence-corrected chi connectivity index (χ3v) is 5.39. The number of nitrogens with zero attached hydrogens (tertiary/aromatic N) is 2. The Bertz CT molecular complexity index is 1190. The van der Waals surface area contributed by atoms with Crippen LogP contribution in [0.2, 0.25) is 10.0 Å². The van der Waals surface area contributed by atoms with Gasteiger partial charge in [0, 0.05) is 16.6 Å². The van der Waals surface area contributed by atoms with Gasteiger partial charge in [-0.15, -0.1) is 0 Å². The van der Waals surface area contributed by atoms with Gasteiger partial charge in [-0.1, -0.05) is 47.5 Å². The maximum Gasteiger partial charge on any atom is 0.258 e. The normalized spacial score (nSPS) is 12.0. The quantitative estimate of drug-likeness (QED) is 0.393. The molecule has 0 aliphatic rings. The van der Waals surface area contributed by atoms with Crippen molar-refractivity contribution in [2.45, 2.75) is 19.5 Å². The average Bonchev–Trinajstić information content (AvgIpc) is 3.13. The van der Waals surface area contributed by atoms with Gasteiger partial charge in [-0.3, -0.25) is 4.79 Å². The molecule has 3 aromatic carbocycles.